The van der Waals surface area contributed by atoms with Crippen LogP contribution in [0.15, 0.2) is 36.5 Å². The van der Waals surface area contributed by atoms with Crippen LogP contribution in [0, 0.1) is 0 Å². The predicted octanol–water partition coefficient (Wildman–Crippen LogP) is 3.61. The first-order chi connectivity index (χ1) is 9.95. The summed E-state index contributed by atoms with van der Waals surface area (Å²) >= 11 is 5.72. The smallest absolute Gasteiger partial charge is 0.433 e. The molecule has 1 aromatic heterocycles. The number of rotatable bonds is 5. The normalized spacial score (nSPS) is 11.2. The van der Waals surface area contributed by atoms with Gasteiger partial charge in [0.15, 0.2) is 5.69 Å². The summed E-state index contributed by atoms with van der Waals surface area (Å²) < 4.78 is 47.6. The molecule has 1 heterocycles. The van der Waals surface area contributed by atoms with Crippen LogP contribution >= 0.6 is 11.6 Å². The Labute approximate surface area is 123 Å². The van der Waals surface area contributed by atoms with E-state index < -0.39 is 11.9 Å². The van der Waals surface area contributed by atoms with E-state index in [9.17, 15) is 13.2 Å². The highest BCUT2D eigenvalue weighted by atomic mass is 35.5. The Morgan fingerprint density at radius 2 is 1.67 bits per heavy atom. The average molecular weight is 319 g/mol. The van der Waals surface area contributed by atoms with Gasteiger partial charge in [-0.05, 0) is 30.3 Å². The van der Waals surface area contributed by atoms with Crippen LogP contribution < -0.4 is 9.47 Å². The molecule has 4 nitrogen and oxygen atoms in total. The molecule has 0 bridgehead atoms. The molecule has 0 fully saturated rings. The second kappa shape index (κ2) is 6.62. The summed E-state index contributed by atoms with van der Waals surface area (Å²) in [6.07, 6.45) is -3.54. The maximum Gasteiger partial charge on any atom is 0.433 e. The van der Waals surface area contributed by atoms with Gasteiger partial charge in [0.25, 0.3) is 0 Å². The number of alkyl halides is 3. The van der Waals surface area contributed by atoms with Crippen molar-refractivity contribution >= 4 is 11.6 Å². The van der Waals surface area contributed by atoms with Gasteiger partial charge in [0.1, 0.15) is 19.0 Å². The maximum atomic E-state index is 12.4. The molecular weight excluding hydrogens is 309 g/mol. The molecule has 0 saturated heterocycles. The molecule has 0 radical (unpaired) electrons. The van der Waals surface area contributed by atoms with E-state index in [-0.39, 0.29) is 19.2 Å². The molecular formula is C13H10ClF3N2O2. The number of halogens is 4. The van der Waals surface area contributed by atoms with Crippen LogP contribution in [0.25, 0.3) is 0 Å². The second-order valence-corrected chi connectivity index (χ2v) is 4.31. The lowest BCUT2D eigenvalue weighted by atomic mass is 10.3. The SMILES string of the molecule is FC(F)(F)c1ccnc(OCCOc2ccc(Cl)cc2)n1. The first-order valence-corrected chi connectivity index (χ1v) is 6.24. The monoisotopic (exact) mass is 318 g/mol. The number of benzene rings is 1. The molecule has 0 amide bonds. The summed E-state index contributed by atoms with van der Waals surface area (Å²) in [5.74, 6) is 0.577. The minimum absolute atomic E-state index is 0.0178. The Balaban J connectivity index is 1.82. The van der Waals surface area contributed by atoms with Gasteiger partial charge in [-0.15, -0.1) is 0 Å². The topological polar surface area (TPSA) is 44.2 Å². The lowest BCUT2D eigenvalue weighted by molar-refractivity contribution is -0.141. The van der Waals surface area contributed by atoms with Gasteiger partial charge in [0.05, 0.1) is 0 Å². The molecule has 112 valence electrons. The Kier molecular flexibility index (Phi) is 4.85. The van der Waals surface area contributed by atoms with Crippen LogP contribution in [0.1, 0.15) is 5.69 Å². The molecule has 0 aliphatic rings. The molecule has 0 aliphatic carbocycles. The van der Waals surface area contributed by atoms with E-state index >= 15 is 0 Å². The molecule has 8 heteroatoms. The van der Waals surface area contributed by atoms with Gasteiger partial charge in [-0.2, -0.15) is 18.2 Å². The molecule has 0 spiro atoms. The number of hydrogen-bond acceptors (Lipinski definition) is 4. The third-order valence-corrected chi connectivity index (χ3v) is 2.57. The van der Waals surface area contributed by atoms with Gasteiger partial charge < -0.3 is 9.47 Å². The van der Waals surface area contributed by atoms with Crippen LogP contribution in [0.3, 0.4) is 0 Å². The standard InChI is InChI=1S/C13H10ClF3N2O2/c14-9-1-3-10(4-2-9)20-7-8-21-12-18-6-5-11(19-12)13(15,16)17/h1-6H,7-8H2. The lowest BCUT2D eigenvalue weighted by Crippen LogP contribution is -2.13. The van der Waals surface area contributed by atoms with E-state index in [1.54, 1.807) is 24.3 Å². The van der Waals surface area contributed by atoms with Gasteiger partial charge in [-0.3, -0.25) is 0 Å². The molecule has 0 unspecified atom stereocenters. The van der Waals surface area contributed by atoms with Crippen molar-refractivity contribution in [3.63, 3.8) is 0 Å². The van der Waals surface area contributed by atoms with Crippen molar-refractivity contribution in [3.05, 3.63) is 47.2 Å². The zero-order valence-corrected chi connectivity index (χ0v) is 11.4. The van der Waals surface area contributed by atoms with Gasteiger partial charge >= 0.3 is 12.2 Å². The van der Waals surface area contributed by atoms with E-state index in [1.165, 1.54) is 0 Å². The first-order valence-electron chi connectivity index (χ1n) is 5.86. The Morgan fingerprint density at radius 3 is 2.33 bits per heavy atom. The molecule has 0 N–H and O–H groups in total. The first kappa shape index (κ1) is 15.4. The molecule has 0 atom stereocenters. The van der Waals surface area contributed by atoms with Crippen LogP contribution in [-0.2, 0) is 6.18 Å². The van der Waals surface area contributed by atoms with Gasteiger partial charge in [0.2, 0.25) is 0 Å². The number of ether oxygens (including phenoxy) is 2. The van der Waals surface area contributed by atoms with Crippen molar-refractivity contribution in [2.75, 3.05) is 13.2 Å². The number of aromatic nitrogens is 2. The van der Waals surface area contributed by atoms with Crippen molar-refractivity contribution in [1.82, 2.24) is 9.97 Å². The summed E-state index contributed by atoms with van der Waals surface area (Å²) in [6, 6.07) is 7.09. The molecule has 2 rings (SSSR count). The average Bonchev–Trinajstić information content (AvgIpc) is 2.45. The fraction of sp³-hybridized carbons (Fsp3) is 0.231. The minimum atomic E-state index is -4.53. The highest BCUT2D eigenvalue weighted by molar-refractivity contribution is 6.30. The fourth-order valence-electron chi connectivity index (χ4n) is 1.39. The van der Waals surface area contributed by atoms with Gasteiger partial charge in [0, 0.05) is 11.2 Å². The fourth-order valence-corrected chi connectivity index (χ4v) is 1.52. The van der Waals surface area contributed by atoms with E-state index in [4.69, 9.17) is 21.1 Å². The van der Waals surface area contributed by atoms with E-state index in [1.807, 2.05) is 0 Å². The summed E-state index contributed by atoms with van der Waals surface area (Å²) in [5, 5.41) is 0.580. The minimum Gasteiger partial charge on any atom is -0.490 e. The van der Waals surface area contributed by atoms with Crippen molar-refractivity contribution in [1.29, 1.82) is 0 Å². The van der Waals surface area contributed by atoms with Crippen molar-refractivity contribution < 1.29 is 22.6 Å². The zero-order valence-electron chi connectivity index (χ0n) is 10.6. The van der Waals surface area contributed by atoms with Crippen molar-refractivity contribution in [3.8, 4) is 11.8 Å². The largest absolute Gasteiger partial charge is 0.490 e. The Hall–Kier alpha value is -2.02. The van der Waals surface area contributed by atoms with Crippen LogP contribution in [0.4, 0.5) is 13.2 Å². The van der Waals surface area contributed by atoms with E-state index in [0.29, 0.717) is 10.8 Å². The highest BCUT2D eigenvalue weighted by Gasteiger charge is 2.32. The summed E-state index contributed by atoms with van der Waals surface area (Å²) in [6.45, 7) is 0.158. The summed E-state index contributed by atoms with van der Waals surface area (Å²) in [7, 11) is 0. The Morgan fingerprint density at radius 1 is 1.00 bits per heavy atom. The number of nitrogens with zero attached hydrogens (tertiary/aromatic N) is 2. The van der Waals surface area contributed by atoms with Gasteiger partial charge in [-0.1, -0.05) is 11.6 Å². The van der Waals surface area contributed by atoms with Crippen LogP contribution in [-0.4, -0.2) is 23.2 Å². The third-order valence-electron chi connectivity index (χ3n) is 2.32. The van der Waals surface area contributed by atoms with Crippen molar-refractivity contribution in [2.45, 2.75) is 6.18 Å². The second-order valence-electron chi connectivity index (χ2n) is 3.87. The Bertz CT molecular complexity index is 591. The lowest BCUT2D eigenvalue weighted by Gasteiger charge is -2.09. The summed E-state index contributed by atoms with van der Waals surface area (Å²) in [5.41, 5.74) is -1.05. The quantitative estimate of drug-likeness (QED) is 0.790. The maximum absolute atomic E-state index is 12.4. The number of hydrogen-bond donors (Lipinski definition) is 0. The van der Waals surface area contributed by atoms with E-state index in [0.717, 1.165) is 12.3 Å². The van der Waals surface area contributed by atoms with Crippen molar-refractivity contribution in [2.24, 2.45) is 0 Å². The highest BCUT2D eigenvalue weighted by Crippen LogP contribution is 2.27. The third kappa shape index (κ3) is 4.78. The molecule has 0 aliphatic heterocycles. The van der Waals surface area contributed by atoms with E-state index in [2.05, 4.69) is 9.97 Å². The summed E-state index contributed by atoms with van der Waals surface area (Å²) in [4.78, 5) is 6.87. The molecule has 2 aromatic rings. The van der Waals surface area contributed by atoms with Crippen LogP contribution in [0.5, 0.6) is 11.8 Å². The molecule has 21 heavy (non-hydrogen) atoms. The predicted molar refractivity (Wildman–Crippen MR) is 69.5 cm³/mol. The zero-order chi connectivity index (χ0) is 15.3. The van der Waals surface area contributed by atoms with Crippen LogP contribution in [0.2, 0.25) is 5.02 Å². The molecule has 0 saturated carbocycles. The van der Waals surface area contributed by atoms with Gasteiger partial charge in [-0.25, -0.2) is 4.98 Å². The molecule has 1 aromatic carbocycles.